The van der Waals surface area contributed by atoms with Crippen molar-refractivity contribution >= 4 is 38.4 Å². The molecular formula is C16H18BrNO2. The van der Waals surface area contributed by atoms with Crippen LogP contribution in [0.2, 0.25) is 0 Å². The fourth-order valence-electron chi connectivity index (χ4n) is 2.28. The van der Waals surface area contributed by atoms with Crippen LogP contribution >= 0.6 is 15.9 Å². The van der Waals surface area contributed by atoms with Gasteiger partial charge in [0.05, 0.1) is 7.11 Å². The minimum absolute atomic E-state index is 0.247. The third-order valence-corrected chi connectivity index (χ3v) is 3.99. The van der Waals surface area contributed by atoms with E-state index in [2.05, 4.69) is 52.0 Å². The zero-order valence-corrected chi connectivity index (χ0v) is 13.3. The van der Waals surface area contributed by atoms with E-state index < -0.39 is 0 Å². The summed E-state index contributed by atoms with van der Waals surface area (Å²) < 4.78 is 4.77. The highest BCUT2D eigenvalue weighted by atomic mass is 79.9. The van der Waals surface area contributed by atoms with Crippen LogP contribution in [0.5, 0.6) is 0 Å². The summed E-state index contributed by atoms with van der Waals surface area (Å²) in [4.78, 5) is 13.4. The zero-order valence-electron chi connectivity index (χ0n) is 11.7. The molecule has 0 bridgehead atoms. The Labute approximate surface area is 127 Å². The first kappa shape index (κ1) is 14.9. The van der Waals surface area contributed by atoms with Crippen molar-refractivity contribution in [1.29, 1.82) is 0 Å². The van der Waals surface area contributed by atoms with Gasteiger partial charge in [-0.2, -0.15) is 0 Å². The Hall–Kier alpha value is -1.55. The number of rotatable bonds is 5. The van der Waals surface area contributed by atoms with Gasteiger partial charge in [-0.05, 0) is 18.4 Å². The molecule has 2 aromatic carbocycles. The van der Waals surface area contributed by atoms with Crippen LogP contribution < -0.4 is 4.90 Å². The first-order valence-corrected chi connectivity index (χ1v) is 7.53. The number of hydrogen-bond donors (Lipinski definition) is 0. The number of ether oxygens (including phenoxy) is 1. The highest BCUT2D eigenvalue weighted by Crippen LogP contribution is 2.27. The van der Waals surface area contributed by atoms with Gasteiger partial charge in [-0.3, -0.25) is 4.79 Å². The van der Waals surface area contributed by atoms with E-state index in [1.807, 2.05) is 18.2 Å². The molecule has 0 aliphatic rings. The molecule has 20 heavy (non-hydrogen) atoms. The summed E-state index contributed by atoms with van der Waals surface area (Å²) in [5.74, 6) is -0.247. The highest BCUT2D eigenvalue weighted by molar-refractivity contribution is 9.10. The van der Waals surface area contributed by atoms with Crippen LogP contribution in [0.1, 0.15) is 6.92 Å². The van der Waals surface area contributed by atoms with Crippen molar-refractivity contribution in [3.05, 3.63) is 42.5 Å². The van der Waals surface area contributed by atoms with Gasteiger partial charge in [0, 0.05) is 24.2 Å². The van der Waals surface area contributed by atoms with Gasteiger partial charge in [0.15, 0.2) is 0 Å². The molecule has 0 spiro atoms. The Bertz CT molecular complexity index is 595. The molecule has 0 N–H and O–H groups in total. The summed E-state index contributed by atoms with van der Waals surface area (Å²) in [5.41, 5.74) is 1.14. The highest BCUT2D eigenvalue weighted by Gasteiger charge is 2.19. The summed E-state index contributed by atoms with van der Waals surface area (Å²) in [6.45, 7) is 3.49. The van der Waals surface area contributed by atoms with E-state index in [0.29, 0.717) is 6.54 Å². The molecule has 106 valence electrons. The van der Waals surface area contributed by atoms with Crippen LogP contribution in [0, 0.1) is 0 Å². The van der Waals surface area contributed by atoms with Crippen molar-refractivity contribution in [2.75, 3.05) is 25.1 Å². The largest absolute Gasteiger partial charge is 0.468 e. The number of halogens is 1. The molecule has 0 amide bonds. The summed E-state index contributed by atoms with van der Waals surface area (Å²) in [6.07, 6.45) is 0. The quantitative estimate of drug-likeness (QED) is 0.617. The molecule has 1 atom stereocenters. The molecule has 0 fully saturated rings. The van der Waals surface area contributed by atoms with Gasteiger partial charge in [0.25, 0.3) is 0 Å². The predicted molar refractivity (Wildman–Crippen MR) is 86.6 cm³/mol. The molecule has 0 aliphatic carbocycles. The Kier molecular flexibility index (Phi) is 5.01. The van der Waals surface area contributed by atoms with Crippen LogP contribution in [-0.2, 0) is 9.53 Å². The number of methoxy groups -OCH3 is 1. The van der Waals surface area contributed by atoms with Crippen molar-refractivity contribution in [2.45, 2.75) is 11.8 Å². The van der Waals surface area contributed by atoms with Crippen molar-refractivity contribution < 1.29 is 9.53 Å². The maximum Gasteiger partial charge on any atom is 0.321 e. The molecule has 0 heterocycles. The molecule has 3 nitrogen and oxygen atoms in total. The molecule has 0 saturated carbocycles. The number of hydrogen-bond acceptors (Lipinski definition) is 3. The lowest BCUT2D eigenvalue weighted by Gasteiger charge is -2.26. The van der Waals surface area contributed by atoms with E-state index in [9.17, 15) is 4.79 Å². The topological polar surface area (TPSA) is 29.5 Å². The van der Waals surface area contributed by atoms with Gasteiger partial charge in [-0.1, -0.05) is 52.3 Å². The van der Waals surface area contributed by atoms with Gasteiger partial charge in [-0.25, -0.2) is 0 Å². The average Bonchev–Trinajstić information content (AvgIpc) is 2.51. The Balaban J connectivity index is 2.32. The number of carbonyl (C=O) groups is 1. The minimum Gasteiger partial charge on any atom is -0.468 e. The Morgan fingerprint density at radius 2 is 1.95 bits per heavy atom. The van der Waals surface area contributed by atoms with Gasteiger partial charge < -0.3 is 9.64 Å². The lowest BCUT2D eigenvalue weighted by molar-refractivity contribution is -0.139. The molecule has 2 rings (SSSR count). The second-order valence-electron chi connectivity index (χ2n) is 4.53. The lowest BCUT2D eigenvalue weighted by Crippen LogP contribution is -2.34. The number of esters is 1. The third-order valence-electron chi connectivity index (χ3n) is 3.33. The van der Waals surface area contributed by atoms with Gasteiger partial charge >= 0.3 is 5.97 Å². The van der Waals surface area contributed by atoms with E-state index in [4.69, 9.17) is 4.74 Å². The number of anilines is 1. The molecule has 4 heteroatoms. The van der Waals surface area contributed by atoms with Crippen LogP contribution in [-0.4, -0.2) is 31.0 Å². The van der Waals surface area contributed by atoms with Crippen molar-refractivity contribution in [2.24, 2.45) is 0 Å². The van der Waals surface area contributed by atoms with Crippen molar-refractivity contribution in [3.63, 3.8) is 0 Å². The fourth-order valence-corrected chi connectivity index (χ4v) is 2.81. The number of benzene rings is 2. The van der Waals surface area contributed by atoms with Crippen LogP contribution in [0.3, 0.4) is 0 Å². The summed E-state index contributed by atoms with van der Waals surface area (Å²) in [5, 5.41) is 2.40. The van der Waals surface area contributed by atoms with Crippen molar-refractivity contribution in [1.82, 2.24) is 0 Å². The molecule has 0 aliphatic heterocycles. The molecule has 2 aromatic rings. The van der Waals surface area contributed by atoms with Crippen LogP contribution in [0.25, 0.3) is 10.8 Å². The monoisotopic (exact) mass is 335 g/mol. The first-order chi connectivity index (χ1) is 9.67. The van der Waals surface area contributed by atoms with Gasteiger partial charge in [0.2, 0.25) is 0 Å². The second-order valence-corrected chi connectivity index (χ2v) is 5.63. The summed E-state index contributed by atoms with van der Waals surface area (Å²) in [6, 6.07) is 14.5. The Morgan fingerprint density at radius 3 is 2.65 bits per heavy atom. The zero-order chi connectivity index (χ0) is 14.5. The second kappa shape index (κ2) is 6.75. The SMILES string of the molecule is CCN(CC(Br)C(=O)OC)c1cccc2ccccc12. The smallest absolute Gasteiger partial charge is 0.321 e. The third kappa shape index (κ3) is 3.12. The minimum atomic E-state index is -0.327. The molecular weight excluding hydrogens is 318 g/mol. The standard InChI is InChI=1S/C16H18BrNO2/c1-3-18(11-14(17)16(19)20-2)15-10-6-8-12-7-4-5-9-13(12)15/h4-10,14H,3,11H2,1-2H3. The molecule has 0 radical (unpaired) electrons. The predicted octanol–water partition coefficient (Wildman–Crippen LogP) is 3.60. The average molecular weight is 336 g/mol. The number of nitrogens with zero attached hydrogens (tertiary/aromatic N) is 1. The van der Waals surface area contributed by atoms with Crippen molar-refractivity contribution in [3.8, 4) is 0 Å². The maximum absolute atomic E-state index is 11.6. The van der Waals surface area contributed by atoms with E-state index >= 15 is 0 Å². The van der Waals surface area contributed by atoms with E-state index in [1.54, 1.807) is 0 Å². The van der Waals surface area contributed by atoms with E-state index in [0.717, 1.165) is 12.2 Å². The number of carbonyl (C=O) groups excluding carboxylic acids is 1. The fraction of sp³-hybridized carbons (Fsp3) is 0.312. The number of alkyl halides is 1. The summed E-state index contributed by atoms with van der Waals surface area (Å²) in [7, 11) is 1.41. The Morgan fingerprint density at radius 1 is 1.25 bits per heavy atom. The van der Waals surface area contributed by atoms with Gasteiger partial charge in [0.1, 0.15) is 4.83 Å². The van der Waals surface area contributed by atoms with Crippen LogP contribution in [0.15, 0.2) is 42.5 Å². The maximum atomic E-state index is 11.6. The van der Waals surface area contributed by atoms with E-state index in [1.165, 1.54) is 17.9 Å². The lowest BCUT2D eigenvalue weighted by atomic mass is 10.1. The summed E-state index contributed by atoms with van der Waals surface area (Å²) >= 11 is 3.39. The molecule has 1 unspecified atom stereocenters. The molecule has 0 saturated heterocycles. The normalized spacial score (nSPS) is 12.2. The van der Waals surface area contributed by atoms with Gasteiger partial charge in [-0.15, -0.1) is 0 Å². The molecule has 0 aromatic heterocycles. The van der Waals surface area contributed by atoms with Crippen LogP contribution in [0.4, 0.5) is 5.69 Å². The van der Waals surface area contributed by atoms with E-state index in [-0.39, 0.29) is 10.8 Å². The first-order valence-electron chi connectivity index (χ1n) is 6.62. The number of fused-ring (bicyclic) bond motifs is 1.